The molecule has 0 radical (unpaired) electrons. The van der Waals surface area contributed by atoms with Crippen LogP contribution in [0.5, 0.6) is 0 Å². The largest absolute Gasteiger partial charge is 0.417 e. The van der Waals surface area contributed by atoms with E-state index in [1.165, 1.54) is 24.3 Å². The average Bonchev–Trinajstić information content (AvgIpc) is 2.62. The molecule has 0 aliphatic carbocycles. The molecule has 0 N–H and O–H groups in total. The van der Waals surface area contributed by atoms with Crippen molar-refractivity contribution >= 4 is 37.4 Å². The molecule has 28 heavy (non-hydrogen) atoms. The van der Waals surface area contributed by atoms with Crippen molar-refractivity contribution in [1.82, 2.24) is 0 Å². The van der Waals surface area contributed by atoms with Gasteiger partial charge in [-0.3, -0.25) is 0 Å². The van der Waals surface area contributed by atoms with E-state index < -0.39 is 38.9 Å². The van der Waals surface area contributed by atoms with E-state index in [2.05, 4.69) is 15.9 Å². The Morgan fingerprint density at radius 1 is 1.14 bits per heavy atom. The fourth-order valence-corrected chi connectivity index (χ4v) is 3.71. The van der Waals surface area contributed by atoms with Gasteiger partial charge in [0.1, 0.15) is 11.6 Å². The van der Waals surface area contributed by atoms with Crippen LogP contribution < -0.4 is 0 Å². The predicted molar refractivity (Wildman–Crippen MR) is 103 cm³/mol. The first kappa shape index (κ1) is 22.0. The van der Waals surface area contributed by atoms with Crippen LogP contribution in [0, 0.1) is 11.3 Å². The second-order valence-electron chi connectivity index (χ2n) is 5.71. The summed E-state index contributed by atoms with van der Waals surface area (Å²) in [6.45, 7) is 1.59. The molecule has 4 nitrogen and oxygen atoms in total. The van der Waals surface area contributed by atoms with Gasteiger partial charge in [0.25, 0.3) is 0 Å². The van der Waals surface area contributed by atoms with Crippen molar-refractivity contribution in [2.24, 2.45) is 0 Å². The summed E-state index contributed by atoms with van der Waals surface area (Å²) in [5.41, 5.74) is -1.70. The van der Waals surface area contributed by atoms with E-state index in [-0.39, 0.29) is 17.6 Å². The fourth-order valence-electron chi connectivity index (χ4n) is 2.43. The van der Waals surface area contributed by atoms with Gasteiger partial charge in [-0.2, -0.15) is 26.9 Å². The lowest BCUT2D eigenvalue weighted by Crippen LogP contribution is -2.14. The molecular weight excluding hydrogens is 459 g/mol. The second kappa shape index (κ2) is 8.80. The zero-order valence-electron chi connectivity index (χ0n) is 14.6. The molecule has 0 saturated carbocycles. The van der Waals surface area contributed by atoms with Gasteiger partial charge in [-0.15, -0.1) is 0 Å². The number of hydrogen-bond donors (Lipinski definition) is 0. The van der Waals surface area contributed by atoms with Gasteiger partial charge in [-0.05, 0) is 30.2 Å². The Hall–Kier alpha value is -2.31. The van der Waals surface area contributed by atoms with Crippen molar-refractivity contribution in [2.45, 2.75) is 19.5 Å². The van der Waals surface area contributed by atoms with Gasteiger partial charge in [0, 0.05) is 10.0 Å². The van der Waals surface area contributed by atoms with Gasteiger partial charge >= 0.3 is 16.3 Å². The molecule has 0 aliphatic rings. The van der Waals surface area contributed by atoms with E-state index in [1.54, 1.807) is 25.1 Å². The molecule has 0 bridgehead atoms. The van der Waals surface area contributed by atoms with Crippen LogP contribution in [0.15, 0.2) is 53.0 Å². The first-order valence-corrected chi connectivity index (χ1v) is 10.4. The molecule has 0 spiro atoms. The average molecular weight is 474 g/mol. The van der Waals surface area contributed by atoms with Crippen LogP contribution in [-0.2, 0) is 20.5 Å². The highest BCUT2D eigenvalue weighted by atomic mass is 79.9. The monoisotopic (exact) mass is 473 g/mol. The number of benzene rings is 2. The van der Waals surface area contributed by atoms with Gasteiger partial charge in [0.15, 0.2) is 5.76 Å². The maximum Gasteiger partial charge on any atom is 0.417 e. The Balaban J connectivity index is 2.82. The van der Waals surface area contributed by atoms with E-state index in [0.29, 0.717) is 4.47 Å². The minimum absolute atomic E-state index is 0.205. The van der Waals surface area contributed by atoms with Crippen LogP contribution in [0.25, 0.3) is 11.3 Å². The molecule has 0 fully saturated rings. The topological polar surface area (TPSA) is 67.2 Å². The lowest BCUT2D eigenvalue weighted by Gasteiger charge is -2.17. The summed E-state index contributed by atoms with van der Waals surface area (Å²) in [4.78, 5) is 0. The van der Waals surface area contributed by atoms with Crippen LogP contribution in [0.1, 0.15) is 30.0 Å². The zero-order valence-corrected chi connectivity index (χ0v) is 17.0. The van der Waals surface area contributed by atoms with Crippen molar-refractivity contribution in [1.29, 1.82) is 5.26 Å². The van der Waals surface area contributed by atoms with Crippen LogP contribution in [0.3, 0.4) is 0 Å². The van der Waals surface area contributed by atoms with E-state index >= 15 is 0 Å². The molecule has 0 heterocycles. The quantitative estimate of drug-likeness (QED) is 0.236. The molecule has 0 atom stereocenters. The van der Waals surface area contributed by atoms with Crippen LogP contribution in [0.4, 0.5) is 13.2 Å². The summed E-state index contributed by atoms with van der Waals surface area (Å²) in [5, 5.41) is 9.63. The molecule has 2 aromatic rings. The van der Waals surface area contributed by atoms with Crippen molar-refractivity contribution < 1.29 is 25.8 Å². The molecule has 2 aromatic carbocycles. The summed E-state index contributed by atoms with van der Waals surface area (Å²) in [6, 6.07) is 12.3. The Bertz CT molecular complexity index is 1020. The van der Waals surface area contributed by atoms with Crippen molar-refractivity contribution in [2.75, 3.05) is 5.75 Å². The van der Waals surface area contributed by atoms with Crippen molar-refractivity contribution in [3.8, 4) is 6.07 Å². The summed E-state index contributed by atoms with van der Waals surface area (Å²) < 4.78 is 70.7. The van der Waals surface area contributed by atoms with Crippen molar-refractivity contribution in [3.63, 3.8) is 0 Å². The summed E-state index contributed by atoms with van der Waals surface area (Å²) >= 11 is 3.23. The predicted octanol–water partition coefficient (Wildman–Crippen LogP) is 5.62. The maximum atomic E-state index is 13.5. The summed E-state index contributed by atoms with van der Waals surface area (Å²) in [7, 11) is -4.20. The molecule has 0 aromatic heterocycles. The van der Waals surface area contributed by atoms with Gasteiger partial charge in [-0.25, -0.2) is 0 Å². The van der Waals surface area contributed by atoms with Crippen LogP contribution >= 0.6 is 15.9 Å². The normalized spacial score (nSPS) is 12.9. The SMILES string of the molecule is CCCS(=O)(=O)OC(=C(C#N)c1ccc(Br)cc1)c1ccccc1C(F)(F)F. The Morgan fingerprint density at radius 2 is 1.75 bits per heavy atom. The van der Waals surface area contributed by atoms with Crippen LogP contribution in [-0.4, -0.2) is 14.2 Å². The Morgan fingerprint density at radius 3 is 2.29 bits per heavy atom. The number of nitriles is 1. The molecule has 9 heteroatoms. The van der Waals surface area contributed by atoms with Gasteiger partial charge in [0.2, 0.25) is 0 Å². The van der Waals surface area contributed by atoms with E-state index in [9.17, 15) is 26.9 Å². The van der Waals surface area contributed by atoms with Gasteiger partial charge in [-0.1, -0.05) is 53.2 Å². The maximum absolute atomic E-state index is 13.5. The lowest BCUT2D eigenvalue weighted by molar-refractivity contribution is -0.137. The first-order valence-electron chi connectivity index (χ1n) is 8.08. The minimum atomic E-state index is -4.76. The van der Waals surface area contributed by atoms with Gasteiger partial charge < -0.3 is 4.18 Å². The molecule has 0 aliphatic heterocycles. The zero-order chi connectivity index (χ0) is 20.9. The number of rotatable bonds is 6. The number of allylic oxidation sites excluding steroid dienone is 1. The third kappa shape index (κ3) is 5.36. The molecule has 0 amide bonds. The standard InChI is InChI=1S/C19H15BrF3NO3S/c1-2-11-28(25,26)27-18(15-5-3-4-6-17(15)19(21,22)23)16(12-24)13-7-9-14(20)10-8-13/h3-10H,2,11H2,1H3. The molecule has 0 unspecified atom stereocenters. The van der Waals surface area contributed by atoms with Crippen molar-refractivity contribution in [3.05, 3.63) is 69.7 Å². The highest BCUT2D eigenvalue weighted by Crippen LogP contribution is 2.38. The highest BCUT2D eigenvalue weighted by molar-refractivity contribution is 9.10. The second-order valence-corrected chi connectivity index (χ2v) is 8.32. The van der Waals surface area contributed by atoms with E-state index in [1.807, 2.05) is 0 Å². The fraction of sp³-hybridized carbons (Fsp3) is 0.211. The Labute approximate surface area is 169 Å². The third-order valence-corrected chi connectivity index (χ3v) is 5.47. The van der Waals surface area contributed by atoms with Gasteiger partial charge in [0.05, 0.1) is 11.3 Å². The van der Waals surface area contributed by atoms with Crippen LogP contribution in [0.2, 0.25) is 0 Å². The lowest BCUT2D eigenvalue weighted by atomic mass is 9.98. The van der Waals surface area contributed by atoms with E-state index in [4.69, 9.17) is 4.18 Å². The number of halogens is 4. The molecular formula is C19H15BrF3NO3S. The molecule has 0 saturated heterocycles. The summed E-state index contributed by atoms with van der Waals surface area (Å²) in [6.07, 6.45) is -4.56. The molecule has 148 valence electrons. The number of nitrogens with zero attached hydrogens (tertiary/aromatic N) is 1. The minimum Gasteiger partial charge on any atom is -0.380 e. The smallest absolute Gasteiger partial charge is 0.380 e. The first-order chi connectivity index (χ1) is 13.1. The summed E-state index contributed by atoms with van der Waals surface area (Å²) in [5.74, 6) is -1.05. The third-order valence-electron chi connectivity index (χ3n) is 3.61. The molecule has 2 rings (SSSR count). The number of alkyl halides is 3. The van der Waals surface area contributed by atoms with E-state index in [0.717, 1.165) is 12.1 Å². The number of hydrogen-bond acceptors (Lipinski definition) is 4. The highest BCUT2D eigenvalue weighted by Gasteiger charge is 2.36. The Kier molecular flexibility index (Phi) is 6.91.